The highest BCUT2D eigenvalue weighted by Gasteiger charge is 2.50. The van der Waals surface area contributed by atoms with Crippen molar-refractivity contribution in [3.63, 3.8) is 0 Å². The molecule has 0 radical (unpaired) electrons. The molecule has 4 rings (SSSR count). The van der Waals surface area contributed by atoms with E-state index in [0.29, 0.717) is 5.41 Å². The van der Waals surface area contributed by atoms with Gasteiger partial charge >= 0.3 is 5.97 Å². The fourth-order valence-electron chi connectivity index (χ4n) is 5.17. The van der Waals surface area contributed by atoms with E-state index in [2.05, 4.69) is 0 Å². The van der Waals surface area contributed by atoms with E-state index in [4.69, 9.17) is 9.29 Å². The van der Waals surface area contributed by atoms with Crippen LogP contribution in [-0.4, -0.2) is 31.3 Å². The van der Waals surface area contributed by atoms with Gasteiger partial charge in [-0.15, -0.1) is 0 Å². The van der Waals surface area contributed by atoms with Gasteiger partial charge in [0.2, 0.25) is 0 Å². The highest BCUT2D eigenvalue weighted by Crippen LogP contribution is 2.61. The Hall–Kier alpha value is -0.620. The maximum Gasteiger partial charge on any atom is 0.323 e. The van der Waals surface area contributed by atoms with Crippen molar-refractivity contribution in [1.82, 2.24) is 0 Å². The summed E-state index contributed by atoms with van der Waals surface area (Å²) < 4.78 is 34.7. The highest BCUT2D eigenvalue weighted by molar-refractivity contribution is 7.86. The largest absolute Gasteiger partial charge is 0.465 e. The van der Waals surface area contributed by atoms with E-state index < -0.39 is 21.8 Å². The third kappa shape index (κ3) is 3.17. The first-order valence-electron chi connectivity index (χ1n) is 7.44. The number of hydrogen-bond acceptors (Lipinski definition) is 4. The van der Waals surface area contributed by atoms with Gasteiger partial charge in [-0.05, 0) is 68.1 Å². The average molecular weight is 302 g/mol. The minimum Gasteiger partial charge on any atom is -0.465 e. The molecule has 0 heterocycles. The Kier molecular flexibility index (Phi) is 3.57. The Morgan fingerprint density at radius 2 is 1.60 bits per heavy atom. The molecule has 0 aromatic carbocycles. The standard InChI is InChI=1S/C14H22O5S/c15-13(9-20(16,17)18)19-2-1-14-6-10-3-11(7-14)5-12(4-10)8-14/h10-12H,1-9H2,(H,16,17,18). The van der Waals surface area contributed by atoms with Crippen LogP contribution in [0.25, 0.3) is 0 Å². The van der Waals surface area contributed by atoms with Gasteiger partial charge in [0.25, 0.3) is 10.1 Å². The van der Waals surface area contributed by atoms with Crippen molar-refractivity contribution in [3.8, 4) is 0 Å². The molecule has 4 aliphatic rings. The molecule has 5 nitrogen and oxygen atoms in total. The molecular formula is C14H22O5S. The average Bonchev–Trinajstić information content (AvgIpc) is 2.23. The monoisotopic (exact) mass is 302 g/mol. The molecular weight excluding hydrogens is 280 g/mol. The Balaban J connectivity index is 1.50. The third-order valence-corrected chi connectivity index (χ3v) is 5.96. The van der Waals surface area contributed by atoms with Crippen LogP contribution in [0.1, 0.15) is 44.9 Å². The van der Waals surface area contributed by atoms with Crippen molar-refractivity contribution < 1.29 is 22.5 Å². The number of hydrogen-bond donors (Lipinski definition) is 1. The summed E-state index contributed by atoms with van der Waals surface area (Å²) in [7, 11) is -4.27. The highest BCUT2D eigenvalue weighted by atomic mass is 32.2. The Labute approximate surface area is 119 Å². The summed E-state index contributed by atoms with van der Waals surface area (Å²) in [6.07, 6.45) is 8.71. The Morgan fingerprint density at radius 1 is 1.10 bits per heavy atom. The van der Waals surface area contributed by atoms with Crippen molar-refractivity contribution >= 4 is 16.1 Å². The summed E-state index contributed by atoms with van der Waals surface area (Å²) in [5.41, 5.74) is 0.327. The molecule has 0 atom stereocenters. The number of rotatable bonds is 5. The Bertz CT molecular complexity index is 460. The maximum absolute atomic E-state index is 11.3. The summed E-state index contributed by atoms with van der Waals surface area (Å²) in [6, 6.07) is 0. The van der Waals surface area contributed by atoms with Crippen molar-refractivity contribution in [2.24, 2.45) is 23.2 Å². The predicted octanol–water partition coefficient (Wildman–Crippen LogP) is 2.02. The second-order valence-electron chi connectivity index (χ2n) is 7.11. The molecule has 20 heavy (non-hydrogen) atoms. The van der Waals surface area contributed by atoms with Crippen molar-refractivity contribution in [2.45, 2.75) is 44.9 Å². The Morgan fingerprint density at radius 3 is 2.05 bits per heavy atom. The van der Waals surface area contributed by atoms with Gasteiger partial charge in [-0.1, -0.05) is 0 Å². The molecule has 0 saturated heterocycles. The predicted molar refractivity (Wildman–Crippen MR) is 72.6 cm³/mol. The van der Waals surface area contributed by atoms with Gasteiger partial charge in [-0.25, -0.2) is 0 Å². The van der Waals surface area contributed by atoms with Gasteiger partial charge in [-0.2, -0.15) is 8.42 Å². The van der Waals surface area contributed by atoms with E-state index in [1.165, 1.54) is 38.5 Å². The summed E-state index contributed by atoms with van der Waals surface area (Å²) in [5.74, 6) is 0.782. The molecule has 0 aliphatic heterocycles. The lowest BCUT2D eigenvalue weighted by Crippen LogP contribution is -2.46. The van der Waals surface area contributed by atoms with Crippen LogP contribution in [0.5, 0.6) is 0 Å². The number of esters is 1. The van der Waals surface area contributed by atoms with Gasteiger partial charge in [0, 0.05) is 0 Å². The van der Waals surface area contributed by atoms with Gasteiger partial charge in [0.15, 0.2) is 5.75 Å². The molecule has 114 valence electrons. The first-order valence-corrected chi connectivity index (χ1v) is 9.05. The number of carbonyl (C=O) groups is 1. The van der Waals surface area contributed by atoms with Crippen LogP contribution in [0.3, 0.4) is 0 Å². The normalized spacial score (nSPS) is 39.0. The van der Waals surface area contributed by atoms with Crippen LogP contribution in [0.2, 0.25) is 0 Å². The molecule has 0 amide bonds. The van der Waals surface area contributed by atoms with Gasteiger partial charge < -0.3 is 4.74 Å². The van der Waals surface area contributed by atoms with E-state index in [9.17, 15) is 13.2 Å². The van der Waals surface area contributed by atoms with Crippen molar-refractivity contribution in [2.75, 3.05) is 12.4 Å². The molecule has 1 N–H and O–H groups in total. The zero-order valence-electron chi connectivity index (χ0n) is 11.6. The van der Waals surface area contributed by atoms with Crippen LogP contribution in [0.4, 0.5) is 0 Å². The molecule has 0 unspecified atom stereocenters. The fourth-order valence-corrected chi connectivity index (χ4v) is 5.55. The van der Waals surface area contributed by atoms with Crippen LogP contribution >= 0.6 is 0 Å². The molecule has 4 saturated carbocycles. The van der Waals surface area contributed by atoms with Crippen LogP contribution < -0.4 is 0 Å². The van der Waals surface area contributed by atoms with E-state index in [0.717, 1.165) is 24.2 Å². The summed E-state index contributed by atoms with van der Waals surface area (Å²) in [5, 5.41) is 0. The van der Waals surface area contributed by atoms with Crippen LogP contribution in [-0.2, 0) is 19.6 Å². The first-order chi connectivity index (χ1) is 9.34. The topological polar surface area (TPSA) is 80.7 Å². The van der Waals surface area contributed by atoms with Crippen molar-refractivity contribution in [1.29, 1.82) is 0 Å². The maximum atomic E-state index is 11.3. The lowest BCUT2D eigenvalue weighted by molar-refractivity contribution is -0.143. The summed E-state index contributed by atoms with van der Waals surface area (Å²) in [6.45, 7) is 0.278. The zero-order chi connectivity index (χ0) is 14.4. The molecule has 4 fully saturated rings. The second kappa shape index (κ2) is 4.98. The van der Waals surface area contributed by atoms with E-state index in [-0.39, 0.29) is 6.61 Å². The molecule has 0 aromatic heterocycles. The summed E-state index contributed by atoms with van der Waals surface area (Å²) >= 11 is 0. The molecule has 0 spiro atoms. The van der Waals surface area contributed by atoms with E-state index >= 15 is 0 Å². The SMILES string of the molecule is O=C(CS(=O)(=O)O)OCCC12CC3CC(CC(C3)C1)C2. The molecule has 4 aliphatic carbocycles. The first kappa shape index (κ1) is 14.3. The smallest absolute Gasteiger partial charge is 0.323 e. The molecule has 4 bridgehead atoms. The number of carbonyl (C=O) groups excluding carboxylic acids is 1. The zero-order valence-corrected chi connectivity index (χ0v) is 12.4. The molecule has 0 aromatic rings. The van der Waals surface area contributed by atoms with Crippen molar-refractivity contribution in [3.05, 3.63) is 0 Å². The van der Waals surface area contributed by atoms with Gasteiger partial charge in [0.1, 0.15) is 0 Å². The molecule has 6 heteroatoms. The third-order valence-electron chi connectivity index (χ3n) is 5.36. The minimum atomic E-state index is -4.27. The van der Waals surface area contributed by atoms with E-state index in [1.54, 1.807) is 0 Å². The van der Waals surface area contributed by atoms with E-state index in [1.807, 2.05) is 0 Å². The van der Waals surface area contributed by atoms with Gasteiger partial charge in [-0.3, -0.25) is 9.35 Å². The fraction of sp³-hybridized carbons (Fsp3) is 0.929. The van der Waals surface area contributed by atoms with Crippen LogP contribution in [0, 0.1) is 23.2 Å². The second-order valence-corrected chi connectivity index (χ2v) is 8.57. The quantitative estimate of drug-likeness (QED) is 0.621. The lowest BCUT2D eigenvalue weighted by Gasteiger charge is -2.57. The summed E-state index contributed by atoms with van der Waals surface area (Å²) in [4.78, 5) is 11.3. The van der Waals surface area contributed by atoms with Crippen LogP contribution in [0.15, 0.2) is 0 Å². The van der Waals surface area contributed by atoms with Gasteiger partial charge in [0.05, 0.1) is 6.61 Å². The lowest BCUT2D eigenvalue weighted by atomic mass is 9.49. The number of ether oxygens (including phenoxy) is 1. The minimum absolute atomic E-state index is 0.278.